The summed E-state index contributed by atoms with van der Waals surface area (Å²) in [5, 5.41) is 22.6. The number of phenolic OH excluding ortho intramolecular Hbond substituents is 1. The van der Waals surface area contributed by atoms with Crippen LogP contribution in [-0.2, 0) is 21.4 Å². The maximum Gasteiger partial charge on any atom is 0.334 e. The maximum atomic E-state index is 12.2. The van der Waals surface area contributed by atoms with Crippen molar-refractivity contribution in [2.75, 3.05) is 13.6 Å². The van der Waals surface area contributed by atoms with E-state index in [4.69, 9.17) is 9.47 Å². The number of ether oxygens (including phenoxy) is 2. The molecule has 2 spiro atoms. The molecular formula is C21H23NO5. The number of likely N-dealkylation sites (tertiary alicyclic amines) is 1. The first-order chi connectivity index (χ1) is 12.8. The summed E-state index contributed by atoms with van der Waals surface area (Å²) in [6.07, 6.45) is 2.42. The van der Waals surface area contributed by atoms with Crippen LogP contribution in [0.4, 0.5) is 0 Å². The normalized spacial score (nSPS) is 44.2. The van der Waals surface area contributed by atoms with Crippen LogP contribution in [0.15, 0.2) is 24.3 Å². The number of fused-ring (bicyclic) bond motifs is 1. The summed E-state index contributed by atoms with van der Waals surface area (Å²) in [4.78, 5) is 14.5. The molecule has 2 aliphatic carbocycles. The summed E-state index contributed by atoms with van der Waals surface area (Å²) in [5.74, 6) is 0.186. The molecule has 0 radical (unpaired) electrons. The van der Waals surface area contributed by atoms with E-state index in [1.54, 1.807) is 6.07 Å². The lowest BCUT2D eigenvalue weighted by Crippen LogP contribution is -2.78. The number of hydrogen-bond acceptors (Lipinski definition) is 6. The van der Waals surface area contributed by atoms with Gasteiger partial charge in [-0.1, -0.05) is 12.6 Å². The molecule has 5 atom stereocenters. The van der Waals surface area contributed by atoms with Gasteiger partial charge in [-0.05, 0) is 50.9 Å². The van der Waals surface area contributed by atoms with Gasteiger partial charge in [-0.15, -0.1) is 0 Å². The van der Waals surface area contributed by atoms with Gasteiger partial charge < -0.3 is 24.6 Å². The van der Waals surface area contributed by atoms with E-state index in [1.807, 2.05) is 6.07 Å². The van der Waals surface area contributed by atoms with E-state index in [2.05, 4.69) is 18.5 Å². The number of aliphatic hydroxyl groups is 1. The fourth-order valence-corrected chi connectivity index (χ4v) is 6.85. The van der Waals surface area contributed by atoms with E-state index in [0.717, 1.165) is 24.1 Å². The summed E-state index contributed by atoms with van der Waals surface area (Å²) in [5.41, 5.74) is 0.0497. The van der Waals surface area contributed by atoms with Crippen LogP contribution in [0, 0.1) is 0 Å². The highest BCUT2D eigenvalue weighted by Gasteiger charge is 2.77. The van der Waals surface area contributed by atoms with Crippen LogP contribution in [0.5, 0.6) is 11.5 Å². The van der Waals surface area contributed by atoms with E-state index < -0.39 is 22.7 Å². The summed E-state index contributed by atoms with van der Waals surface area (Å²) >= 11 is 0. The molecule has 2 saturated heterocycles. The number of rotatable bonds is 0. The average molecular weight is 369 g/mol. The first-order valence-corrected chi connectivity index (χ1v) is 9.68. The van der Waals surface area contributed by atoms with Gasteiger partial charge in [0, 0.05) is 23.6 Å². The lowest BCUT2D eigenvalue weighted by molar-refractivity contribution is -0.233. The molecule has 1 aromatic rings. The summed E-state index contributed by atoms with van der Waals surface area (Å²) in [6.45, 7) is 4.70. The van der Waals surface area contributed by atoms with Crippen molar-refractivity contribution in [3.63, 3.8) is 0 Å². The summed E-state index contributed by atoms with van der Waals surface area (Å²) in [6, 6.07) is 3.61. The molecule has 6 rings (SSSR count). The average Bonchev–Trinajstić information content (AvgIpc) is 3.13. The van der Waals surface area contributed by atoms with Gasteiger partial charge in [0.25, 0.3) is 0 Å². The van der Waals surface area contributed by atoms with Crippen molar-refractivity contribution in [1.82, 2.24) is 4.90 Å². The minimum atomic E-state index is -0.974. The second kappa shape index (κ2) is 4.50. The molecule has 0 amide bonds. The number of nitrogens with zero attached hydrogens (tertiary/aromatic N) is 1. The van der Waals surface area contributed by atoms with Gasteiger partial charge in [0.2, 0.25) is 0 Å². The van der Waals surface area contributed by atoms with Crippen molar-refractivity contribution in [3.05, 3.63) is 35.4 Å². The van der Waals surface area contributed by atoms with Crippen LogP contribution in [0.1, 0.15) is 36.8 Å². The van der Waals surface area contributed by atoms with Crippen molar-refractivity contribution in [2.45, 2.75) is 60.9 Å². The minimum Gasteiger partial charge on any atom is -0.504 e. The van der Waals surface area contributed by atoms with E-state index >= 15 is 0 Å². The lowest BCUT2D eigenvalue weighted by atomic mass is 9.46. The predicted molar refractivity (Wildman–Crippen MR) is 95.7 cm³/mol. The number of piperidine rings is 1. The Bertz CT molecular complexity index is 909. The number of likely N-dealkylation sites (N-methyl/N-ethyl adjacent to an activating group) is 1. The molecule has 3 heterocycles. The number of carbonyl (C=O) groups is 1. The third-order valence-electron chi connectivity index (χ3n) is 7.98. The highest BCUT2D eigenvalue weighted by molar-refractivity contribution is 5.91. The van der Waals surface area contributed by atoms with Gasteiger partial charge in [-0.25, -0.2) is 4.79 Å². The van der Waals surface area contributed by atoms with Crippen molar-refractivity contribution >= 4 is 5.97 Å². The van der Waals surface area contributed by atoms with Crippen molar-refractivity contribution in [1.29, 1.82) is 0 Å². The zero-order valence-corrected chi connectivity index (χ0v) is 15.3. The van der Waals surface area contributed by atoms with Crippen LogP contribution >= 0.6 is 0 Å². The van der Waals surface area contributed by atoms with E-state index in [0.29, 0.717) is 37.0 Å². The number of hydrogen-bond donors (Lipinski definition) is 2. The third kappa shape index (κ3) is 1.53. The van der Waals surface area contributed by atoms with Crippen LogP contribution in [-0.4, -0.2) is 58.0 Å². The number of benzene rings is 1. The van der Waals surface area contributed by atoms with Crippen LogP contribution in [0.25, 0.3) is 0 Å². The smallest absolute Gasteiger partial charge is 0.334 e. The molecule has 3 aliphatic heterocycles. The second-order valence-electron chi connectivity index (χ2n) is 9.03. The number of aromatic hydroxyl groups is 1. The molecule has 2 N–H and O–H groups in total. The number of esters is 1. The Morgan fingerprint density at radius 2 is 2.11 bits per heavy atom. The number of carbonyl (C=O) groups excluding carboxylic acids is 1. The molecule has 6 nitrogen and oxygen atoms in total. The Hall–Kier alpha value is -2.05. The van der Waals surface area contributed by atoms with Gasteiger partial charge >= 0.3 is 5.97 Å². The first-order valence-electron chi connectivity index (χ1n) is 9.68. The first kappa shape index (κ1) is 16.0. The minimum absolute atomic E-state index is 0.0157. The van der Waals surface area contributed by atoms with E-state index in [-0.39, 0.29) is 17.8 Å². The molecular weight excluding hydrogens is 346 g/mol. The maximum absolute atomic E-state index is 12.2. The molecule has 142 valence electrons. The Morgan fingerprint density at radius 3 is 2.85 bits per heavy atom. The molecule has 0 aromatic heterocycles. The molecule has 1 aromatic carbocycles. The fourth-order valence-electron chi connectivity index (χ4n) is 6.85. The third-order valence-corrected chi connectivity index (χ3v) is 7.98. The highest BCUT2D eigenvalue weighted by Crippen LogP contribution is 2.68. The number of phenols is 1. The Balaban J connectivity index is 1.65. The molecule has 1 saturated carbocycles. The summed E-state index contributed by atoms with van der Waals surface area (Å²) < 4.78 is 12.3. The Morgan fingerprint density at radius 1 is 1.30 bits per heavy atom. The van der Waals surface area contributed by atoms with Crippen molar-refractivity contribution in [2.24, 2.45) is 0 Å². The molecule has 2 bridgehead atoms. The van der Waals surface area contributed by atoms with Gasteiger partial charge in [0.1, 0.15) is 0 Å². The van der Waals surface area contributed by atoms with Gasteiger partial charge in [0.15, 0.2) is 23.2 Å². The fraction of sp³-hybridized carbons (Fsp3) is 0.571. The standard InChI is InChI=1S/C21H23NO5/c1-11-10-19(27-17(11)24)5-6-21(25)14-9-12-3-4-13(23)16-15(12)20(21,18(19)26-16)7-8-22(14)2/h3-4,14,18,23,25H,1,5-10H2,2H3/t14-,18?,19?,20+,21?/m1/s1. The van der Waals surface area contributed by atoms with Crippen molar-refractivity contribution < 1.29 is 24.5 Å². The largest absolute Gasteiger partial charge is 0.504 e. The molecule has 27 heavy (non-hydrogen) atoms. The van der Waals surface area contributed by atoms with Gasteiger partial charge in [0.05, 0.1) is 11.0 Å². The quantitative estimate of drug-likeness (QED) is 0.532. The second-order valence-corrected chi connectivity index (χ2v) is 9.03. The molecule has 6 heteroatoms. The van der Waals surface area contributed by atoms with E-state index in [9.17, 15) is 15.0 Å². The van der Waals surface area contributed by atoms with Crippen molar-refractivity contribution in [3.8, 4) is 11.5 Å². The zero-order chi connectivity index (χ0) is 18.8. The Labute approximate surface area is 157 Å². The zero-order valence-electron chi connectivity index (χ0n) is 15.3. The lowest BCUT2D eigenvalue weighted by Gasteiger charge is -2.65. The molecule has 5 aliphatic rings. The topological polar surface area (TPSA) is 79.2 Å². The van der Waals surface area contributed by atoms with E-state index in [1.165, 1.54) is 0 Å². The van der Waals surface area contributed by atoms with Crippen LogP contribution in [0.2, 0.25) is 0 Å². The highest BCUT2D eigenvalue weighted by atomic mass is 16.6. The SMILES string of the molecule is C=C1CC2(CCC3(O)[C@H]4Cc5ccc(O)c6c5[C@@]3(CCN4C)C2O6)OC1=O. The van der Waals surface area contributed by atoms with Crippen LogP contribution in [0.3, 0.4) is 0 Å². The summed E-state index contributed by atoms with van der Waals surface area (Å²) in [7, 11) is 2.06. The molecule has 3 fully saturated rings. The van der Waals surface area contributed by atoms with Gasteiger partial charge in [-0.2, -0.15) is 0 Å². The van der Waals surface area contributed by atoms with Crippen LogP contribution < -0.4 is 4.74 Å². The van der Waals surface area contributed by atoms with Gasteiger partial charge in [-0.3, -0.25) is 0 Å². The Kier molecular flexibility index (Phi) is 2.66. The molecule has 3 unspecified atom stereocenters. The predicted octanol–water partition coefficient (Wildman–Crippen LogP) is 1.42. The monoisotopic (exact) mass is 369 g/mol.